The van der Waals surface area contributed by atoms with Crippen molar-refractivity contribution in [3.05, 3.63) is 63.2 Å². The Labute approximate surface area is 121 Å². The molecule has 0 saturated heterocycles. The van der Waals surface area contributed by atoms with Gasteiger partial charge >= 0.3 is 0 Å². The first-order valence-electron chi connectivity index (χ1n) is 5.75. The second kappa shape index (κ2) is 6.20. The molecule has 3 heteroatoms. The van der Waals surface area contributed by atoms with Gasteiger partial charge in [0, 0.05) is 9.99 Å². The highest BCUT2D eigenvalue weighted by Crippen LogP contribution is 2.21. The third kappa shape index (κ3) is 3.46. The second-order valence-corrected chi connectivity index (χ2v) is 5.37. The Morgan fingerprint density at radius 1 is 1.06 bits per heavy atom. The molecule has 18 heavy (non-hydrogen) atoms. The highest BCUT2D eigenvalue weighted by Gasteiger charge is 2.08. The molecule has 0 fully saturated rings. The van der Waals surface area contributed by atoms with E-state index < -0.39 is 6.10 Å². The lowest BCUT2D eigenvalue weighted by atomic mass is 10.0. The average Bonchev–Trinajstić information content (AvgIpc) is 2.41. The molecule has 0 aliphatic rings. The largest absolute Gasteiger partial charge is 0.497 e. The smallest absolute Gasteiger partial charge is 0.118 e. The van der Waals surface area contributed by atoms with Gasteiger partial charge in [-0.1, -0.05) is 24.3 Å². The SMILES string of the molecule is COc1ccc(C(O)Cc2ccc(I)cc2)cc1. The number of rotatable bonds is 4. The first kappa shape index (κ1) is 13.4. The van der Waals surface area contributed by atoms with Crippen molar-refractivity contribution < 1.29 is 9.84 Å². The molecule has 2 rings (SSSR count). The molecule has 0 heterocycles. The molecule has 2 aromatic rings. The van der Waals surface area contributed by atoms with Crippen LogP contribution in [0.15, 0.2) is 48.5 Å². The topological polar surface area (TPSA) is 29.5 Å². The van der Waals surface area contributed by atoms with Crippen molar-refractivity contribution in [1.82, 2.24) is 0 Å². The first-order valence-corrected chi connectivity index (χ1v) is 6.83. The molecular weight excluding hydrogens is 339 g/mol. The Bertz CT molecular complexity index is 491. The van der Waals surface area contributed by atoms with Gasteiger partial charge in [-0.15, -0.1) is 0 Å². The van der Waals surface area contributed by atoms with Crippen LogP contribution in [-0.4, -0.2) is 12.2 Å². The number of methoxy groups -OCH3 is 1. The molecule has 1 atom stereocenters. The lowest BCUT2D eigenvalue weighted by molar-refractivity contribution is 0.178. The molecule has 0 spiro atoms. The number of halogens is 1. The molecule has 0 bridgehead atoms. The van der Waals surface area contributed by atoms with Crippen molar-refractivity contribution >= 4 is 22.6 Å². The minimum atomic E-state index is -0.476. The predicted molar refractivity (Wildman–Crippen MR) is 80.8 cm³/mol. The minimum Gasteiger partial charge on any atom is -0.497 e. The summed E-state index contributed by atoms with van der Waals surface area (Å²) in [7, 11) is 1.64. The summed E-state index contributed by atoms with van der Waals surface area (Å²) in [6.07, 6.45) is 0.152. The summed E-state index contributed by atoms with van der Waals surface area (Å²) in [6, 6.07) is 15.7. The summed E-state index contributed by atoms with van der Waals surface area (Å²) in [4.78, 5) is 0. The number of ether oxygens (including phenoxy) is 1. The quantitative estimate of drug-likeness (QED) is 0.851. The van der Waals surface area contributed by atoms with Crippen molar-refractivity contribution in [1.29, 1.82) is 0 Å². The molecule has 2 aromatic carbocycles. The maximum Gasteiger partial charge on any atom is 0.118 e. The number of aliphatic hydroxyl groups is 1. The second-order valence-electron chi connectivity index (χ2n) is 4.12. The van der Waals surface area contributed by atoms with Crippen molar-refractivity contribution in [3.63, 3.8) is 0 Å². The molecule has 0 amide bonds. The predicted octanol–water partition coefficient (Wildman–Crippen LogP) is 3.58. The van der Waals surface area contributed by atoms with Crippen LogP contribution in [0.2, 0.25) is 0 Å². The van der Waals surface area contributed by atoms with Gasteiger partial charge in [-0.2, -0.15) is 0 Å². The van der Waals surface area contributed by atoms with E-state index >= 15 is 0 Å². The van der Waals surface area contributed by atoms with Gasteiger partial charge in [0.1, 0.15) is 5.75 Å². The van der Waals surface area contributed by atoms with Crippen LogP contribution in [0.4, 0.5) is 0 Å². The van der Waals surface area contributed by atoms with Crippen LogP contribution in [0.5, 0.6) is 5.75 Å². The number of aliphatic hydroxyl groups excluding tert-OH is 1. The fraction of sp³-hybridized carbons (Fsp3) is 0.200. The molecule has 1 unspecified atom stereocenters. The molecule has 94 valence electrons. The van der Waals surface area contributed by atoms with E-state index in [1.807, 2.05) is 24.3 Å². The van der Waals surface area contributed by atoms with E-state index in [0.717, 1.165) is 16.9 Å². The van der Waals surface area contributed by atoms with Crippen molar-refractivity contribution in [2.75, 3.05) is 7.11 Å². The molecule has 0 radical (unpaired) electrons. The Morgan fingerprint density at radius 2 is 1.67 bits per heavy atom. The van der Waals surface area contributed by atoms with Crippen LogP contribution in [0.1, 0.15) is 17.2 Å². The average molecular weight is 354 g/mol. The Kier molecular flexibility index (Phi) is 4.60. The van der Waals surface area contributed by atoms with Gasteiger partial charge in [0.15, 0.2) is 0 Å². The van der Waals surface area contributed by atoms with Crippen LogP contribution in [0.25, 0.3) is 0 Å². The van der Waals surface area contributed by atoms with Gasteiger partial charge in [-0.3, -0.25) is 0 Å². The maximum absolute atomic E-state index is 10.2. The maximum atomic E-state index is 10.2. The van der Waals surface area contributed by atoms with Crippen molar-refractivity contribution in [2.45, 2.75) is 12.5 Å². The van der Waals surface area contributed by atoms with Crippen molar-refractivity contribution in [2.24, 2.45) is 0 Å². The van der Waals surface area contributed by atoms with E-state index in [-0.39, 0.29) is 0 Å². The fourth-order valence-electron chi connectivity index (χ4n) is 1.79. The van der Waals surface area contributed by atoms with Gasteiger partial charge in [0.2, 0.25) is 0 Å². The summed E-state index contributed by atoms with van der Waals surface area (Å²) in [5, 5.41) is 10.2. The van der Waals surface area contributed by atoms with E-state index in [0.29, 0.717) is 6.42 Å². The van der Waals surface area contributed by atoms with Gasteiger partial charge in [-0.25, -0.2) is 0 Å². The van der Waals surface area contributed by atoms with Crippen molar-refractivity contribution in [3.8, 4) is 5.75 Å². The standard InChI is InChI=1S/C15H15IO2/c1-18-14-8-4-12(5-9-14)15(17)10-11-2-6-13(16)7-3-11/h2-9,15,17H,10H2,1H3. The van der Waals surface area contributed by atoms with Gasteiger partial charge in [-0.05, 0) is 58.0 Å². The summed E-state index contributed by atoms with van der Waals surface area (Å²) in [6.45, 7) is 0. The van der Waals surface area contributed by atoms with Gasteiger partial charge in [0.05, 0.1) is 13.2 Å². The zero-order chi connectivity index (χ0) is 13.0. The summed E-state index contributed by atoms with van der Waals surface area (Å²) >= 11 is 2.27. The molecule has 1 N–H and O–H groups in total. The molecular formula is C15H15IO2. The monoisotopic (exact) mass is 354 g/mol. The highest BCUT2D eigenvalue weighted by atomic mass is 127. The summed E-state index contributed by atoms with van der Waals surface area (Å²) < 4.78 is 6.30. The zero-order valence-electron chi connectivity index (χ0n) is 10.1. The van der Waals surface area contributed by atoms with Crippen LogP contribution in [-0.2, 0) is 6.42 Å². The van der Waals surface area contributed by atoms with Crippen LogP contribution >= 0.6 is 22.6 Å². The normalized spacial score (nSPS) is 12.2. The Hall–Kier alpha value is -1.07. The van der Waals surface area contributed by atoms with Crippen LogP contribution in [0.3, 0.4) is 0 Å². The molecule has 0 aromatic heterocycles. The van der Waals surface area contributed by atoms with E-state index in [9.17, 15) is 5.11 Å². The lowest BCUT2D eigenvalue weighted by Crippen LogP contribution is -2.01. The third-order valence-electron chi connectivity index (χ3n) is 2.84. The molecule has 0 aliphatic carbocycles. The summed E-state index contributed by atoms with van der Waals surface area (Å²) in [5.41, 5.74) is 2.05. The lowest BCUT2D eigenvalue weighted by Gasteiger charge is -2.11. The highest BCUT2D eigenvalue weighted by molar-refractivity contribution is 14.1. The molecule has 0 aliphatic heterocycles. The minimum absolute atomic E-state index is 0.476. The first-order chi connectivity index (χ1) is 8.69. The summed E-state index contributed by atoms with van der Waals surface area (Å²) in [5.74, 6) is 0.806. The molecule has 2 nitrogen and oxygen atoms in total. The fourth-order valence-corrected chi connectivity index (χ4v) is 2.15. The van der Waals surface area contributed by atoms with Gasteiger partial charge in [0.25, 0.3) is 0 Å². The Balaban J connectivity index is 2.06. The van der Waals surface area contributed by atoms with E-state index in [1.54, 1.807) is 7.11 Å². The Morgan fingerprint density at radius 3 is 2.22 bits per heavy atom. The van der Waals surface area contributed by atoms with Crippen LogP contribution < -0.4 is 4.74 Å². The number of benzene rings is 2. The number of hydrogen-bond acceptors (Lipinski definition) is 2. The zero-order valence-corrected chi connectivity index (χ0v) is 12.3. The van der Waals surface area contributed by atoms with E-state index in [4.69, 9.17) is 4.74 Å². The van der Waals surface area contributed by atoms with E-state index in [1.165, 1.54) is 3.57 Å². The van der Waals surface area contributed by atoms with E-state index in [2.05, 4.69) is 46.9 Å². The molecule has 0 saturated carbocycles. The number of hydrogen-bond donors (Lipinski definition) is 1. The third-order valence-corrected chi connectivity index (χ3v) is 3.56. The van der Waals surface area contributed by atoms with Gasteiger partial charge < -0.3 is 9.84 Å². The van der Waals surface area contributed by atoms with Crippen LogP contribution in [0, 0.1) is 3.57 Å².